The van der Waals surface area contributed by atoms with Crippen molar-refractivity contribution >= 4 is 5.91 Å². The van der Waals surface area contributed by atoms with Crippen molar-refractivity contribution < 1.29 is 4.79 Å². The lowest BCUT2D eigenvalue weighted by Crippen LogP contribution is -2.62. The van der Waals surface area contributed by atoms with Crippen LogP contribution in [0.5, 0.6) is 0 Å². The number of β-lactam (4-membered cyclic amide) rings is 1. The Morgan fingerprint density at radius 3 is 3.00 bits per heavy atom. The van der Waals surface area contributed by atoms with Crippen LogP contribution in [0.1, 0.15) is 12.8 Å². The highest BCUT2D eigenvalue weighted by atomic mass is 16.2. The SMILES string of the molecule is NCCN1CC[C@@]2(CC(=O)N2)C1. The normalized spacial score (nSPS) is 35.2. The van der Waals surface area contributed by atoms with E-state index in [-0.39, 0.29) is 11.4 Å². The molecule has 2 rings (SSSR count). The molecule has 0 radical (unpaired) electrons. The molecule has 0 bridgehead atoms. The fourth-order valence-electron chi connectivity index (χ4n) is 2.16. The minimum Gasteiger partial charge on any atom is -0.349 e. The van der Waals surface area contributed by atoms with Gasteiger partial charge in [-0.15, -0.1) is 0 Å². The Labute approximate surface area is 72.1 Å². The van der Waals surface area contributed by atoms with Gasteiger partial charge in [0.1, 0.15) is 0 Å². The Kier molecular flexibility index (Phi) is 1.81. The third-order valence-electron chi connectivity index (χ3n) is 2.78. The van der Waals surface area contributed by atoms with Crippen LogP contribution < -0.4 is 11.1 Å². The zero-order chi connectivity index (χ0) is 8.60. The molecule has 2 fully saturated rings. The Balaban J connectivity index is 1.86. The maximum atomic E-state index is 10.8. The molecule has 0 saturated carbocycles. The van der Waals surface area contributed by atoms with E-state index in [1.54, 1.807) is 0 Å². The lowest BCUT2D eigenvalue weighted by atomic mass is 9.86. The zero-order valence-electron chi connectivity index (χ0n) is 7.18. The minimum atomic E-state index is 0.131. The number of carbonyl (C=O) groups excluding carboxylic acids is 1. The lowest BCUT2D eigenvalue weighted by Gasteiger charge is -2.38. The summed E-state index contributed by atoms with van der Waals surface area (Å²) in [6, 6.07) is 0. The van der Waals surface area contributed by atoms with E-state index < -0.39 is 0 Å². The van der Waals surface area contributed by atoms with Crippen molar-refractivity contribution in [2.75, 3.05) is 26.2 Å². The van der Waals surface area contributed by atoms with Crippen molar-refractivity contribution in [2.45, 2.75) is 18.4 Å². The molecule has 1 spiro atoms. The Hall–Kier alpha value is -0.610. The first-order chi connectivity index (χ1) is 5.74. The number of hydrogen-bond acceptors (Lipinski definition) is 3. The van der Waals surface area contributed by atoms with Crippen LogP contribution >= 0.6 is 0 Å². The van der Waals surface area contributed by atoms with Gasteiger partial charge in [-0.3, -0.25) is 9.69 Å². The van der Waals surface area contributed by atoms with Crippen LogP contribution in [-0.4, -0.2) is 42.5 Å². The third kappa shape index (κ3) is 1.21. The van der Waals surface area contributed by atoms with Gasteiger partial charge in [-0.1, -0.05) is 0 Å². The third-order valence-corrected chi connectivity index (χ3v) is 2.78. The maximum Gasteiger partial charge on any atom is 0.222 e. The van der Waals surface area contributed by atoms with E-state index in [0.29, 0.717) is 13.0 Å². The molecule has 1 atom stereocenters. The van der Waals surface area contributed by atoms with E-state index in [4.69, 9.17) is 5.73 Å². The van der Waals surface area contributed by atoms with E-state index in [0.717, 1.165) is 26.1 Å². The lowest BCUT2D eigenvalue weighted by molar-refractivity contribution is -0.132. The fourth-order valence-corrected chi connectivity index (χ4v) is 2.16. The number of nitrogens with zero attached hydrogens (tertiary/aromatic N) is 1. The summed E-state index contributed by atoms with van der Waals surface area (Å²) in [5.74, 6) is 0.199. The van der Waals surface area contributed by atoms with Gasteiger partial charge in [0.05, 0.1) is 12.0 Å². The first-order valence-corrected chi connectivity index (χ1v) is 4.48. The monoisotopic (exact) mass is 169 g/mol. The molecule has 0 aromatic heterocycles. The average molecular weight is 169 g/mol. The minimum absolute atomic E-state index is 0.131. The van der Waals surface area contributed by atoms with Crippen LogP contribution in [0, 0.1) is 0 Å². The molecule has 68 valence electrons. The van der Waals surface area contributed by atoms with Crippen molar-refractivity contribution in [2.24, 2.45) is 5.73 Å². The molecule has 4 nitrogen and oxygen atoms in total. The average Bonchev–Trinajstić information content (AvgIpc) is 2.33. The molecular weight excluding hydrogens is 154 g/mol. The number of rotatable bonds is 2. The summed E-state index contributed by atoms with van der Waals surface area (Å²) in [6.07, 6.45) is 1.81. The molecule has 0 aromatic rings. The zero-order valence-corrected chi connectivity index (χ0v) is 7.18. The Morgan fingerprint density at radius 1 is 1.67 bits per heavy atom. The second-order valence-electron chi connectivity index (χ2n) is 3.82. The van der Waals surface area contributed by atoms with Gasteiger partial charge < -0.3 is 11.1 Å². The quantitative estimate of drug-likeness (QED) is 0.516. The highest BCUT2D eigenvalue weighted by Crippen LogP contribution is 2.30. The summed E-state index contributed by atoms with van der Waals surface area (Å²) in [5.41, 5.74) is 5.59. The summed E-state index contributed by atoms with van der Waals surface area (Å²) in [6.45, 7) is 3.75. The Bertz CT molecular complexity index is 196. The predicted octanol–water partition coefficient (Wildman–Crippen LogP) is -1.09. The van der Waals surface area contributed by atoms with E-state index in [1.807, 2.05) is 0 Å². The van der Waals surface area contributed by atoms with Gasteiger partial charge in [-0.2, -0.15) is 0 Å². The van der Waals surface area contributed by atoms with Gasteiger partial charge in [0.15, 0.2) is 0 Å². The van der Waals surface area contributed by atoms with Gasteiger partial charge in [0, 0.05) is 26.2 Å². The number of amides is 1. The van der Waals surface area contributed by atoms with Gasteiger partial charge in [-0.25, -0.2) is 0 Å². The van der Waals surface area contributed by atoms with Crippen molar-refractivity contribution in [1.29, 1.82) is 0 Å². The molecule has 4 heteroatoms. The predicted molar refractivity (Wildman–Crippen MR) is 45.6 cm³/mol. The molecule has 0 aromatic carbocycles. The number of likely N-dealkylation sites (tertiary alicyclic amines) is 1. The van der Waals surface area contributed by atoms with Gasteiger partial charge >= 0.3 is 0 Å². The second kappa shape index (κ2) is 2.71. The van der Waals surface area contributed by atoms with E-state index in [1.165, 1.54) is 0 Å². The topological polar surface area (TPSA) is 58.4 Å². The van der Waals surface area contributed by atoms with Crippen LogP contribution in [0.3, 0.4) is 0 Å². The van der Waals surface area contributed by atoms with E-state index in [2.05, 4.69) is 10.2 Å². The smallest absolute Gasteiger partial charge is 0.222 e. The molecule has 12 heavy (non-hydrogen) atoms. The molecule has 2 saturated heterocycles. The summed E-state index contributed by atoms with van der Waals surface area (Å²) in [5, 5.41) is 2.99. The van der Waals surface area contributed by atoms with Gasteiger partial charge in [0.2, 0.25) is 5.91 Å². The van der Waals surface area contributed by atoms with Gasteiger partial charge in [-0.05, 0) is 6.42 Å². The highest BCUT2D eigenvalue weighted by Gasteiger charge is 2.47. The van der Waals surface area contributed by atoms with Crippen LogP contribution in [0.2, 0.25) is 0 Å². The van der Waals surface area contributed by atoms with Crippen molar-refractivity contribution in [3.63, 3.8) is 0 Å². The maximum absolute atomic E-state index is 10.8. The summed E-state index contributed by atoms with van der Waals surface area (Å²) < 4.78 is 0. The molecule has 1 amide bonds. The van der Waals surface area contributed by atoms with Crippen molar-refractivity contribution in [1.82, 2.24) is 10.2 Å². The second-order valence-corrected chi connectivity index (χ2v) is 3.82. The first kappa shape index (κ1) is 8.01. The largest absolute Gasteiger partial charge is 0.349 e. The van der Waals surface area contributed by atoms with Crippen molar-refractivity contribution in [3.8, 4) is 0 Å². The summed E-state index contributed by atoms with van der Waals surface area (Å²) in [4.78, 5) is 13.1. The molecule has 0 aliphatic carbocycles. The van der Waals surface area contributed by atoms with Crippen LogP contribution in [0.25, 0.3) is 0 Å². The first-order valence-electron chi connectivity index (χ1n) is 4.48. The molecule has 2 heterocycles. The molecule has 2 aliphatic rings. The van der Waals surface area contributed by atoms with Crippen LogP contribution in [0.15, 0.2) is 0 Å². The number of carbonyl (C=O) groups is 1. The molecule has 2 aliphatic heterocycles. The summed E-state index contributed by atoms with van der Waals surface area (Å²) >= 11 is 0. The van der Waals surface area contributed by atoms with Crippen molar-refractivity contribution in [3.05, 3.63) is 0 Å². The number of nitrogens with two attached hydrogens (primary N) is 1. The fraction of sp³-hybridized carbons (Fsp3) is 0.875. The molecule has 3 N–H and O–H groups in total. The molecular formula is C8H15N3O. The summed E-state index contributed by atoms with van der Waals surface area (Å²) in [7, 11) is 0. The van der Waals surface area contributed by atoms with Crippen LogP contribution in [0.4, 0.5) is 0 Å². The molecule has 0 unspecified atom stereocenters. The Morgan fingerprint density at radius 2 is 2.42 bits per heavy atom. The van der Waals surface area contributed by atoms with E-state index >= 15 is 0 Å². The highest BCUT2D eigenvalue weighted by molar-refractivity contribution is 5.85. The van der Waals surface area contributed by atoms with Gasteiger partial charge in [0.25, 0.3) is 0 Å². The van der Waals surface area contributed by atoms with E-state index in [9.17, 15) is 4.79 Å². The number of hydrogen-bond donors (Lipinski definition) is 2. The number of nitrogens with one attached hydrogen (secondary N) is 1. The standard InChI is InChI=1S/C8H15N3O/c9-2-4-11-3-1-8(6-11)5-7(12)10-8/h1-6,9H2,(H,10,12)/t8-/m1/s1. The van der Waals surface area contributed by atoms with Crippen LogP contribution in [-0.2, 0) is 4.79 Å².